The molecule has 2 nitrogen and oxygen atoms in total. The van der Waals surface area contributed by atoms with Crippen molar-refractivity contribution < 1.29 is 5.21 Å². The molecular formula is C15H25NO. The van der Waals surface area contributed by atoms with Crippen LogP contribution in [-0.4, -0.2) is 10.9 Å². The lowest BCUT2D eigenvalue weighted by Gasteiger charge is -2.39. The fraction of sp³-hybridized carbons (Fsp3) is 0.933. The molecule has 3 fully saturated rings. The molecule has 6 atom stereocenters. The van der Waals surface area contributed by atoms with E-state index < -0.39 is 0 Å². The number of nitrogens with zero attached hydrogens (tertiary/aromatic N) is 1. The predicted molar refractivity (Wildman–Crippen MR) is 69.2 cm³/mol. The third kappa shape index (κ3) is 1.10. The lowest BCUT2D eigenvalue weighted by Crippen LogP contribution is -2.38. The Morgan fingerprint density at radius 1 is 1.29 bits per heavy atom. The van der Waals surface area contributed by atoms with Gasteiger partial charge in [0.15, 0.2) is 0 Å². The van der Waals surface area contributed by atoms with Gasteiger partial charge in [-0.3, -0.25) is 0 Å². The summed E-state index contributed by atoms with van der Waals surface area (Å²) in [5, 5.41) is 12.8. The van der Waals surface area contributed by atoms with E-state index in [0.29, 0.717) is 11.3 Å². The molecule has 3 aliphatic carbocycles. The molecule has 96 valence electrons. The van der Waals surface area contributed by atoms with Crippen molar-refractivity contribution in [2.45, 2.75) is 53.4 Å². The lowest BCUT2D eigenvalue weighted by atomic mass is 9.65. The number of hydrogen-bond donors (Lipinski definition) is 1. The Morgan fingerprint density at radius 3 is 2.59 bits per heavy atom. The van der Waals surface area contributed by atoms with E-state index in [1.807, 2.05) is 6.92 Å². The molecule has 1 spiro atoms. The third-order valence-electron chi connectivity index (χ3n) is 7.21. The van der Waals surface area contributed by atoms with Crippen LogP contribution < -0.4 is 0 Å². The first-order chi connectivity index (χ1) is 7.96. The molecule has 2 bridgehead atoms. The number of fused-ring (bicyclic) bond motifs is 1. The largest absolute Gasteiger partial charge is 0.411 e. The molecule has 0 amide bonds. The van der Waals surface area contributed by atoms with Crippen molar-refractivity contribution in [3.63, 3.8) is 0 Å². The van der Waals surface area contributed by atoms with Gasteiger partial charge in [-0.15, -0.1) is 0 Å². The van der Waals surface area contributed by atoms with Crippen LogP contribution in [0.15, 0.2) is 5.16 Å². The second-order valence-electron chi connectivity index (χ2n) is 7.18. The minimum atomic E-state index is 0.128. The second-order valence-corrected chi connectivity index (χ2v) is 7.18. The Bertz CT molecular complexity index is 377. The van der Waals surface area contributed by atoms with Crippen LogP contribution in [0, 0.1) is 34.5 Å². The summed E-state index contributed by atoms with van der Waals surface area (Å²) < 4.78 is 0. The summed E-state index contributed by atoms with van der Waals surface area (Å²) in [6, 6.07) is 0. The molecule has 2 heteroatoms. The summed E-state index contributed by atoms with van der Waals surface area (Å²) in [4.78, 5) is 0. The van der Waals surface area contributed by atoms with E-state index in [4.69, 9.17) is 0 Å². The van der Waals surface area contributed by atoms with Gasteiger partial charge in [0.05, 0.1) is 5.71 Å². The summed E-state index contributed by atoms with van der Waals surface area (Å²) in [7, 11) is 0. The van der Waals surface area contributed by atoms with Gasteiger partial charge in [-0.25, -0.2) is 0 Å². The molecule has 0 aromatic heterocycles. The summed E-state index contributed by atoms with van der Waals surface area (Å²) in [5.74, 6) is 3.14. The normalized spacial score (nSPS) is 57.5. The Morgan fingerprint density at radius 2 is 2.00 bits per heavy atom. The van der Waals surface area contributed by atoms with Gasteiger partial charge >= 0.3 is 0 Å². The maximum absolute atomic E-state index is 9.24. The minimum absolute atomic E-state index is 0.128. The van der Waals surface area contributed by atoms with Crippen molar-refractivity contribution >= 4 is 5.71 Å². The molecule has 4 unspecified atom stereocenters. The number of oxime groups is 1. The van der Waals surface area contributed by atoms with Crippen LogP contribution in [0.5, 0.6) is 0 Å². The molecule has 1 N–H and O–H groups in total. The van der Waals surface area contributed by atoms with Crippen molar-refractivity contribution in [3.05, 3.63) is 0 Å². The summed E-state index contributed by atoms with van der Waals surface area (Å²) in [6.07, 6.45) is 5.68. The van der Waals surface area contributed by atoms with Gasteiger partial charge in [-0.05, 0) is 61.7 Å². The Balaban J connectivity index is 2.09. The average molecular weight is 235 g/mol. The lowest BCUT2D eigenvalue weighted by molar-refractivity contribution is 0.140. The molecule has 0 aromatic carbocycles. The standard InChI is InChI=1S/C15H25NO/c1-9-10(2)15-6-5-12(8-15)7-13(15)14(9,4)11(3)16-17/h9-10,12-13,17H,5-8H2,1-4H3/t9?,10?,12-,13?,14?,15-/m1/s1. The molecule has 3 aliphatic rings. The smallest absolute Gasteiger partial charge is 0.0604 e. The van der Waals surface area contributed by atoms with Crippen LogP contribution in [0.2, 0.25) is 0 Å². The van der Waals surface area contributed by atoms with Gasteiger partial charge < -0.3 is 5.21 Å². The van der Waals surface area contributed by atoms with E-state index in [1.54, 1.807) is 0 Å². The molecule has 0 saturated heterocycles. The van der Waals surface area contributed by atoms with Gasteiger partial charge in [0.25, 0.3) is 0 Å². The van der Waals surface area contributed by atoms with Crippen LogP contribution >= 0.6 is 0 Å². The Hall–Kier alpha value is -0.530. The fourth-order valence-electron chi connectivity index (χ4n) is 5.90. The van der Waals surface area contributed by atoms with Crippen LogP contribution in [-0.2, 0) is 0 Å². The van der Waals surface area contributed by atoms with Gasteiger partial charge in [-0.1, -0.05) is 25.9 Å². The molecule has 0 radical (unpaired) electrons. The molecule has 3 saturated carbocycles. The van der Waals surface area contributed by atoms with E-state index in [0.717, 1.165) is 23.5 Å². The number of hydrogen-bond acceptors (Lipinski definition) is 2. The highest BCUT2D eigenvalue weighted by molar-refractivity contribution is 5.88. The fourth-order valence-corrected chi connectivity index (χ4v) is 5.90. The maximum atomic E-state index is 9.24. The van der Waals surface area contributed by atoms with E-state index in [-0.39, 0.29) is 5.41 Å². The summed E-state index contributed by atoms with van der Waals surface area (Å²) in [5.41, 5.74) is 1.67. The van der Waals surface area contributed by atoms with E-state index >= 15 is 0 Å². The minimum Gasteiger partial charge on any atom is -0.411 e. The first-order valence-corrected chi connectivity index (χ1v) is 7.16. The van der Waals surface area contributed by atoms with Crippen molar-refractivity contribution in [3.8, 4) is 0 Å². The van der Waals surface area contributed by atoms with Crippen LogP contribution in [0.4, 0.5) is 0 Å². The zero-order valence-electron chi connectivity index (χ0n) is 11.5. The van der Waals surface area contributed by atoms with Crippen LogP contribution in [0.3, 0.4) is 0 Å². The SMILES string of the molecule is CC(=NO)C1(C)C(C)C(C)[C@]23CC[C@H](CC12)C3. The molecule has 17 heavy (non-hydrogen) atoms. The Kier molecular flexibility index (Phi) is 2.22. The molecule has 3 rings (SSSR count). The summed E-state index contributed by atoms with van der Waals surface area (Å²) in [6.45, 7) is 9.19. The van der Waals surface area contributed by atoms with Crippen LogP contribution in [0.25, 0.3) is 0 Å². The second kappa shape index (κ2) is 3.27. The highest BCUT2D eigenvalue weighted by Crippen LogP contribution is 2.74. The molecule has 0 aliphatic heterocycles. The predicted octanol–water partition coefficient (Wildman–Crippen LogP) is 3.94. The molecule has 0 heterocycles. The molecular weight excluding hydrogens is 210 g/mol. The Labute approximate surface area is 104 Å². The summed E-state index contributed by atoms with van der Waals surface area (Å²) >= 11 is 0. The van der Waals surface area contributed by atoms with E-state index in [1.165, 1.54) is 25.7 Å². The maximum Gasteiger partial charge on any atom is 0.0604 e. The highest BCUT2D eigenvalue weighted by Gasteiger charge is 2.68. The van der Waals surface area contributed by atoms with Gasteiger partial charge in [0, 0.05) is 5.41 Å². The third-order valence-corrected chi connectivity index (χ3v) is 7.21. The zero-order chi connectivity index (χ0) is 12.4. The highest BCUT2D eigenvalue weighted by atomic mass is 16.4. The monoisotopic (exact) mass is 235 g/mol. The van der Waals surface area contributed by atoms with Crippen molar-refractivity contribution in [1.29, 1.82) is 0 Å². The first kappa shape index (κ1) is 11.6. The van der Waals surface area contributed by atoms with E-state index in [2.05, 4.69) is 25.9 Å². The topological polar surface area (TPSA) is 32.6 Å². The van der Waals surface area contributed by atoms with Crippen LogP contribution in [0.1, 0.15) is 53.4 Å². The molecule has 0 aromatic rings. The van der Waals surface area contributed by atoms with Gasteiger partial charge in [-0.2, -0.15) is 0 Å². The zero-order valence-corrected chi connectivity index (χ0v) is 11.5. The van der Waals surface area contributed by atoms with Crippen molar-refractivity contribution in [2.24, 2.45) is 39.7 Å². The quantitative estimate of drug-likeness (QED) is 0.417. The first-order valence-electron chi connectivity index (χ1n) is 7.16. The van der Waals surface area contributed by atoms with Gasteiger partial charge in [0.1, 0.15) is 0 Å². The van der Waals surface area contributed by atoms with Crippen molar-refractivity contribution in [2.75, 3.05) is 0 Å². The van der Waals surface area contributed by atoms with E-state index in [9.17, 15) is 5.21 Å². The average Bonchev–Trinajstić information content (AvgIpc) is 2.96. The van der Waals surface area contributed by atoms with Crippen molar-refractivity contribution in [1.82, 2.24) is 0 Å². The number of rotatable bonds is 1. The van der Waals surface area contributed by atoms with Gasteiger partial charge in [0.2, 0.25) is 0 Å².